The van der Waals surface area contributed by atoms with Crippen molar-refractivity contribution in [1.29, 1.82) is 0 Å². The molecule has 17 heavy (non-hydrogen) atoms. The SMILES string of the molecule is O=C(Cl)C1(Cl)C=c2oc3ccccc3c2=CC1. The Labute approximate surface area is 107 Å². The Morgan fingerprint density at radius 3 is 2.88 bits per heavy atom. The van der Waals surface area contributed by atoms with Gasteiger partial charge in [-0.3, -0.25) is 4.79 Å². The van der Waals surface area contributed by atoms with Crippen LogP contribution in [0.25, 0.3) is 23.1 Å². The Bertz CT molecular complexity index is 729. The number of furan rings is 1. The van der Waals surface area contributed by atoms with Gasteiger partial charge in [0.15, 0.2) is 0 Å². The van der Waals surface area contributed by atoms with Crippen molar-refractivity contribution in [2.75, 3.05) is 0 Å². The summed E-state index contributed by atoms with van der Waals surface area (Å²) in [4.78, 5) is 10.1. The fourth-order valence-corrected chi connectivity index (χ4v) is 2.36. The maximum absolute atomic E-state index is 11.3. The van der Waals surface area contributed by atoms with Crippen LogP contribution < -0.4 is 10.6 Å². The summed E-state index contributed by atoms with van der Waals surface area (Å²) in [7, 11) is 0. The lowest BCUT2D eigenvalue weighted by Crippen LogP contribution is -2.36. The van der Waals surface area contributed by atoms with Gasteiger partial charge in [-0.25, -0.2) is 0 Å². The zero-order chi connectivity index (χ0) is 12.0. The van der Waals surface area contributed by atoms with Gasteiger partial charge in [0, 0.05) is 10.6 Å². The Hall–Kier alpha value is -1.25. The van der Waals surface area contributed by atoms with Gasteiger partial charge in [0.25, 0.3) is 0 Å². The molecule has 0 spiro atoms. The average Bonchev–Trinajstić information content (AvgIpc) is 2.65. The third-order valence-corrected chi connectivity index (χ3v) is 3.82. The van der Waals surface area contributed by atoms with E-state index in [4.69, 9.17) is 27.6 Å². The molecular weight excluding hydrogens is 259 g/mol. The number of fused-ring (bicyclic) bond motifs is 3. The number of benzene rings is 1. The predicted octanol–water partition coefficient (Wildman–Crippen LogP) is 2.14. The molecule has 1 aromatic carbocycles. The molecule has 1 heterocycles. The highest BCUT2D eigenvalue weighted by molar-refractivity contribution is 6.72. The molecule has 0 saturated heterocycles. The zero-order valence-electron chi connectivity index (χ0n) is 8.74. The monoisotopic (exact) mass is 266 g/mol. The van der Waals surface area contributed by atoms with Crippen LogP contribution in [-0.4, -0.2) is 10.1 Å². The Kier molecular flexibility index (Phi) is 2.32. The van der Waals surface area contributed by atoms with Gasteiger partial charge in [0.05, 0.1) is 0 Å². The lowest BCUT2D eigenvalue weighted by atomic mass is 10.00. The predicted molar refractivity (Wildman–Crippen MR) is 68.5 cm³/mol. The summed E-state index contributed by atoms with van der Waals surface area (Å²) in [5.41, 5.74) is 1.40. The molecule has 1 aromatic heterocycles. The molecular formula is C13H8Cl2O2. The Morgan fingerprint density at radius 1 is 1.35 bits per heavy atom. The number of hydrogen-bond acceptors (Lipinski definition) is 2. The second-order valence-corrected chi connectivity index (χ2v) is 5.08. The highest BCUT2D eigenvalue weighted by atomic mass is 35.5. The summed E-state index contributed by atoms with van der Waals surface area (Å²) in [6.07, 6.45) is 3.88. The largest absolute Gasteiger partial charge is 0.456 e. The van der Waals surface area contributed by atoms with Gasteiger partial charge in [-0.15, -0.1) is 11.6 Å². The van der Waals surface area contributed by atoms with E-state index >= 15 is 0 Å². The highest BCUT2D eigenvalue weighted by Crippen LogP contribution is 2.27. The van der Waals surface area contributed by atoms with Crippen LogP contribution in [0.2, 0.25) is 0 Å². The first-order valence-electron chi connectivity index (χ1n) is 5.20. The fourth-order valence-electron chi connectivity index (χ4n) is 2.06. The average molecular weight is 267 g/mol. The molecule has 2 nitrogen and oxygen atoms in total. The van der Waals surface area contributed by atoms with E-state index in [-0.39, 0.29) is 0 Å². The molecule has 1 aliphatic carbocycles. The number of carbonyl (C=O) groups is 1. The first-order valence-corrected chi connectivity index (χ1v) is 5.95. The van der Waals surface area contributed by atoms with E-state index in [0.717, 1.165) is 16.2 Å². The maximum atomic E-state index is 11.3. The van der Waals surface area contributed by atoms with E-state index < -0.39 is 10.1 Å². The first-order chi connectivity index (χ1) is 8.10. The third-order valence-electron chi connectivity index (χ3n) is 2.95. The van der Waals surface area contributed by atoms with Crippen molar-refractivity contribution < 1.29 is 9.21 Å². The van der Waals surface area contributed by atoms with Crippen molar-refractivity contribution in [3.8, 4) is 0 Å². The summed E-state index contributed by atoms with van der Waals surface area (Å²) >= 11 is 11.6. The van der Waals surface area contributed by atoms with Gasteiger partial charge in [0.2, 0.25) is 5.24 Å². The van der Waals surface area contributed by atoms with Crippen LogP contribution in [0.3, 0.4) is 0 Å². The standard InChI is InChI=1S/C13H8Cl2O2/c14-12(16)13(15)6-5-9-8-3-1-2-4-10(8)17-11(9)7-13/h1-5,7H,6H2. The lowest BCUT2D eigenvalue weighted by Gasteiger charge is -2.17. The van der Waals surface area contributed by atoms with Crippen LogP contribution in [0.1, 0.15) is 6.42 Å². The smallest absolute Gasteiger partial charge is 0.246 e. The van der Waals surface area contributed by atoms with E-state index in [1.54, 1.807) is 6.08 Å². The second-order valence-electron chi connectivity index (χ2n) is 4.06. The van der Waals surface area contributed by atoms with E-state index in [1.807, 2.05) is 30.3 Å². The van der Waals surface area contributed by atoms with E-state index in [2.05, 4.69) is 0 Å². The van der Waals surface area contributed by atoms with Crippen molar-refractivity contribution in [2.45, 2.75) is 11.3 Å². The molecule has 0 aliphatic heterocycles. The van der Waals surface area contributed by atoms with Crippen molar-refractivity contribution in [3.05, 3.63) is 34.9 Å². The molecule has 0 N–H and O–H groups in total. The molecule has 0 amide bonds. The molecule has 3 rings (SSSR count). The van der Waals surface area contributed by atoms with Crippen LogP contribution in [0.5, 0.6) is 0 Å². The van der Waals surface area contributed by atoms with Crippen molar-refractivity contribution in [1.82, 2.24) is 0 Å². The summed E-state index contributed by atoms with van der Waals surface area (Å²) < 4.78 is 5.65. The second kappa shape index (κ2) is 3.62. The van der Waals surface area contributed by atoms with E-state index in [1.165, 1.54) is 0 Å². The van der Waals surface area contributed by atoms with Gasteiger partial charge < -0.3 is 4.42 Å². The number of halogens is 2. The number of carbonyl (C=O) groups excluding carboxylic acids is 1. The van der Waals surface area contributed by atoms with Gasteiger partial charge in [-0.05, 0) is 30.2 Å². The van der Waals surface area contributed by atoms with Gasteiger partial charge >= 0.3 is 0 Å². The molecule has 86 valence electrons. The fraction of sp³-hybridized carbons (Fsp3) is 0.154. The normalized spacial score (nSPS) is 22.7. The van der Waals surface area contributed by atoms with Crippen LogP contribution >= 0.6 is 23.2 Å². The van der Waals surface area contributed by atoms with Crippen molar-refractivity contribution in [2.24, 2.45) is 0 Å². The third kappa shape index (κ3) is 1.60. The number of hydrogen-bond donors (Lipinski definition) is 0. The molecule has 1 aliphatic rings. The zero-order valence-corrected chi connectivity index (χ0v) is 10.3. The van der Waals surface area contributed by atoms with Crippen LogP contribution in [0, 0.1) is 0 Å². The molecule has 4 heteroatoms. The Morgan fingerprint density at radius 2 is 2.12 bits per heavy atom. The minimum atomic E-state index is -1.18. The van der Waals surface area contributed by atoms with Crippen molar-refractivity contribution in [3.63, 3.8) is 0 Å². The van der Waals surface area contributed by atoms with Gasteiger partial charge in [-0.2, -0.15) is 0 Å². The quantitative estimate of drug-likeness (QED) is 0.585. The number of para-hydroxylation sites is 1. The minimum absolute atomic E-state index is 0.382. The van der Waals surface area contributed by atoms with E-state index in [9.17, 15) is 4.79 Å². The number of rotatable bonds is 1. The van der Waals surface area contributed by atoms with Gasteiger partial charge in [0.1, 0.15) is 15.9 Å². The van der Waals surface area contributed by atoms with Crippen LogP contribution in [0.15, 0.2) is 28.7 Å². The van der Waals surface area contributed by atoms with E-state index in [0.29, 0.717) is 11.8 Å². The maximum Gasteiger partial charge on any atom is 0.246 e. The summed E-state index contributed by atoms with van der Waals surface area (Å²) in [6, 6.07) is 7.71. The summed E-state index contributed by atoms with van der Waals surface area (Å²) in [5, 5.41) is 1.43. The van der Waals surface area contributed by atoms with Crippen molar-refractivity contribution >= 4 is 51.6 Å². The summed E-state index contributed by atoms with van der Waals surface area (Å²) in [6.45, 7) is 0. The summed E-state index contributed by atoms with van der Waals surface area (Å²) in [5.74, 6) is 0. The molecule has 0 fully saturated rings. The molecule has 0 bridgehead atoms. The highest BCUT2D eigenvalue weighted by Gasteiger charge is 2.33. The Balaban J connectivity index is 2.37. The number of alkyl halides is 1. The first kappa shape index (κ1) is 10.9. The van der Waals surface area contributed by atoms with Crippen LogP contribution in [0.4, 0.5) is 0 Å². The topological polar surface area (TPSA) is 30.2 Å². The van der Waals surface area contributed by atoms with Gasteiger partial charge in [-0.1, -0.05) is 24.3 Å². The molecule has 0 radical (unpaired) electrons. The minimum Gasteiger partial charge on any atom is -0.456 e. The molecule has 0 saturated carbocycles. The molecule has 1 atom stereocenters. The lowest BCUT2D eigenvalue weighted by molar-refractivity contribution is -0.112. The molecule has 1 unspecified atom stereocenters. The molecule has 2 aromatic rings. The van der Waals surface area contributed by atoms with Crippen LogP contribution in [-0.2, 0) is 4.79 Å².